The van der Waals surface area contributed by atoms with Crippen molar-refractivity contribution in [3.05, 3.63) is 18.2 Å². The molecule has 3 nitrogen and oxygen atoms in total. The molecule has 1 N–H and O–H groups in total. The van der Waals surface area contributed by atoms with Crippen molar-refractivity contribution in [3.8, 4) is 11.5 Å². The van der Waals surface area contributed by atoms with Crippen molar-refractivity contribution in [1.29, 1.82) is 0 Å². The van der Waals surface area contributed by atoms with Gasteiger partial charge in [0.25, 0.3) is 0 Å². The molecule has 0 spiro atoms. The summed E-state index contributed by atoms with van der Waals surface area (Å²) in [5.41, 5.74) is 1.10. The monoisotopic (exact) mass is 221 g/mol. The Kier molecular flexibility index (Phi) is 3.54. The van der Waals surface area contributed by atoms with Crippen LogP contribution in [0.3, 0.4) is 0 Å². The van der Waals surface area contributed by atoms with Crippen molar-refractivity contribution >= 4 is 5.69 Å². The first-order chi connectivity index (χ1) is 7.79. The summed E-state index contributed by atoms with van der Waals surface area (Å²) >= 11 is 0. The Hall–Kier alpha value is -1.38. The normalized spacial score (nSPS) is 14.9. The molecule has 0 fully saturated rings. The van der Waals surface area contributed by atoms with Gasteiger partial charge in [-0.3, -0.25) is 0 Å². The predicted octanol–water partition coefficient (Wildman–Crippen LogP) is 3.41. The molecule has 1 atom stereocenters. The first-order valence-corrected chi connectivity index (χ1v) is 5.96. The molecule has 0 radical (unpaired) electrons. The topological polar surface area (TPSA) is 30.5 Å². The van der Waals surface area contributed by atoms with Gasteiger partial charge in [-0.25, -0.2) is 0 Å². The van der Waals surface area contributed by atoms with E-state index in [2.05, 4.69) is 19.2 Å². The number of hydrogen-bond acceptors (Lipinski definition) is 3. The second-order valence-electron chi connectivity index (χ2n) is 4.26. The largest absolute Gasteiger partial charge is 0.454 e. The Morgan fingerprint density at radius 1 is 1.31 bits per heavy atom. The lowest BCUT2D eigenvalue weighted by Crippen LogP contribution is -2.14. The van der Waals surface area contributed by atoms with Crippen molar-refractivity contribution < 1.29 is 9.47 Å². The zero-order valence-corrected chi connectivity index (χ0v) is 9.95. The smallest absolute Gasteiger partial charge is 0.231 e. The molecule has 0 aliphatic carbocycles. The Morgan fingerprint density at radius 2 is 2.12 bits per heavy atom. The summed E-state index contributed by atoms with van der Waals surface area (Å²) in [7, 11) is 0. The minimum atomic E-state index is 0.337. The molecule has 0 saturated carbocycles. The van der Waals surface area contributed by atoms with Crippen LogP contribution in [-0.4, -0.2) is 12.8 Å². The van der Waals surface area contributed by atoms with Gasteiger partial charge in [0.1, 0.15) is 0 Å². The highest BCUT2D eigenvalue weighted by molar-refractivity contribution is 5.55. The van der Waals surface area contributed by atoms with E-state index < -0.39 is 0 Å². The van der Waals surface area contributed by atoms with Crippen molar-refractivity contribution in [2.24, 2.45) is 0 Å². The van der Waals surface area contributed by atoms with E-state index >= 15 is 0 Å². The lowest BCUT2D eigenvalue weighted by molar-refractivity contribution is 0.174. The fourth-order valence-corrected chi connectivity index (χ4v) is 1.85. The zero-order valence-electron chi connectivity index (χ0n) is 9.95. The highest BCUT2D eigenvalue weighted by atomic mass is 16.7. The maximum atomic E-state index is 5.34. The Labute approximate surface area is 96.8 Å². The molecule has 0 saturated heterocycles. The van der Waals surface area contributed by atoms with E-state index in [0.717, 1.165) is 17.2 Å². The van der Waals surface area contributed by atoms with Crippen LogP contribution in [0.2, 0.25) is 0 Å². The minimum absolute atomic E-state index is 0.337. The van der Waals surface area contributed by atoms with Gasteiger partial charge in [-0.15, -0.1) is 0 Å². The van der Waals surface area contributed by atoms with Crippen LogP contribution in [-0.2, 0) is 0 Å². The van der Waals surface area contributed by atoms with Gasteiger partial charge in [0.15, 0.2) is 11.5 Å². The van der Waals surface area contributed by atoms with E-state index in [1.165, 1.54) is 19.3 Å². The molecule has 3 heteroatoms. The van der Waals surface area contributed by atoms with E-state index in [0.29, 0.717) is 12.8 Å². The van der Waals surface area contributed by atoms with Crippen LogP contribution in [0.1, 0.15) is 33.1 Å². The quantitative estimate of drug-likeness (QED) is 0.826. The molecule has 1 aliphatic heterocycles. The van der Waals surface area contributed by atoms with Crippen molar-refractivity contribution in [1.82, 2.24) is 0 Å². The van der Waals surface area contributed by atoms with E-state index in [1.807, 2.05) is 18.2 Å². The summed E-state index contributed by atoms with van der Waals surface area (Å²) in [4.78, 5) is 0. The molecule has 1 unspecified atom stereocenters. The molecule has 1 aromatic rings. The van der Waals surface area contributed by atoms with Crippen molar-refractivity contribution in [2.45, 2.75) is 39.2 Å². The van der Waals surface area contributed by atoms with E-state index in [1.54, 1.807) is 0 Å². The molecule has 0 bridgehead atoms. The van der Waals surface area contributed by atoms with Gasteiger partial charge >= 0.3 is 0 Å². The molecule has 1 aliphatic rings. The van der Waals surface area contributed by atoms with E-state index in [-0.39, 0.29) is 0 Å². The molecular weight excluding hydrogens is 202 g/mol. The van der Waals surface area contributed by atoms with Crippen LogP contribution < -0.4 is 14.8 Å². The average molecular weight is 221 g/mol. The van der Waals surface area contributed by atoms with Gasteiger partial charge in [0.05, 0.1) is 0 Å². The van der Waals surface area contributed by atoms with Crippen LogP contribution in [0.5, 0.6) is 11.5 Å². The number of fused-ring (bicyclic) bond motifs is 1. The minimum Gasteiger partial charge on any atom is -0.454 e. The molecule has 1 heterocycles. The third kappa shape index (κ3) is 2.60. The Morgan fingerprint density at radius 3 is 2.94 bits per heavy atom. The van der Waals surface area contributed by atoms with Gasteiger partial charge in [-0.1, -0.05) is 19.8 Å². The molecule has 0 amide bonds. The van der Waals surface area contributed by atoms with Crippen LogP contribution in [0, 0.1) is 0 Å². The second-order valence-corrected chi connectivity index (χ2v) is 4.26. The summed E-state index contributed by atoms with van der Waals surface area (Å²) in [5.74, 6) is 1.68. The molecular formula is C13H19NO2. The summed E-state index contributed by atoms with van der Waals surface area (Å²) in [6, 6.07) is 6.50. The first kappa shape index (κ1) is 11.1. The highest BCUT2D eigenvalue weighted by Crippen LogP contribution is 2.34. The van der Waals surface area contributed by atoms with Crippen LogP contribution in [0.15, 0.2) is 18.2 Å². The van der Waals surface area contributed by atoms with Gasteiger partial charge in [0, 0.05) is 17.8 Å². The lowest BCUT2D eigenvalue weighted by Gasteiger charge is -2.14. The third-order valence-electron chi connectivity index (χ3n) is 2.78. The summed E-state index contributed by atoms with van der Waals surface area (Å²) in [5, 5.41) is 3.47. The number of benzene rings is 1. The molecule has 1 aromatic carbocycles. The summed E-state index contributed by atoms with van der Waals surface area (Å²) in [6.07, 6.45) is 3.71. The molecule has 88 valence electrons. The van der Waals surface area contributed by atoms with E-state index in [9.17, 15) is 0 Å². The Balaban J connectivity index is 1.94. The number of ether oxygens (including phenoxy) is 2. The summed E-state index contributed by atoms with van der Waals surface area (Å²) < 4.78 is 10.6. The standard InChI is InChI=1S/C13H19NO2/c1-3-4-5-10(2)14-11-6-7-12-13(8-11)16-9-15-12/h6-8,10,14H,3-5,9H2,1-2H3. The van der Waals surface area contributed by atoms with Crippen molar-refractivity contribution in [3.63, 3.8) is 0 Å². The fraction of sp³-hybridized carbons (Fsp3) is 0.538. The molecule has 16 heavy (non-hydrogen) atoms. The van der Waals surface area contributed by atoms with Gasteiger partial charge in [-0.2, -0.15) is 0 Å². The zero-order chi connectivity index (χ0) is 11.4. The van der Waals surface area contributed by atoms with Crippen LogP contribution >= 0.6 is 0 Å². The molecule has 2 rings (SSSR count). The highest BCUT2D eigenvalue weighted by Gasteiger charge is 2.13. The number of anilines is 1. The van der Waals surface area contributed by atoms with Crippen LogP contribution in [0.25, 0.3) is 0 Å². The first-order valence-electron chi connectivity index (χ1n) is 5.96. The van der Waals surface area contributed by atoms with E-state index in [4.69, 9.17) is 9.47 Å². The fourth-order valence-electron chi connectivity index (χ4n) is 1.85. The molecule has 0 aromatic heterocycles. The van der Waals surface area contributed by atoms with Crippen LogP contribution in [0.4, 0.5) is 5.69 Å². The SMILES string of the molecule is CCCCC(C)Nc1ccc2c(c1)OCO2. The van der Waals surface area contributed by atoms with Gasteiger partial charge in [-0.05, 0) is 25.5 Å². The average Bonchev–Trinajstić information content (AvgIpc) is 2.73. The predicted molar refractivity (Wildman–Crippen MR) is 65.2 cm³/mol. The maximum Gasteiger partial charge on any atom is 0.231 e. The van der Waals surface area contributed by atoms with Gasteiger partial charge < -0.3 is 14.8 Å². The lowest BCUT2D eigenvalue weighted by atomic mass is 10.1. The number of hydrogen-bond donors (Lipinski definition) is 1. The summed E-state index contributed by atoms with van der Waals surface area (Å²) in [6.45, 7) is 4.76. The second kappa shape index (κ2) is 5.10. The number of nitrogens with one attached hydrogen (secondary N) is 1. The number of unbranched alkanes of at least 4 members (excludes halogenated alkanes) is 1. The third-order valence-corrected chi connectivity index (χ3v) is 2.78. The maximum absolute atomic E-state index is 5.34. The Bertz CT molecular complexity index is 352. The number of rotatable bonds is 5. The van der Waals surface area contributed by atoms with Gasteiger partial charge in [0.2, 0.25) is 6.79 Å². The van der Waals surface area contributed by atoms with Crippen molar-refractivity contribution in [2.75, 3.05) is 12.1 Å².